The zero-order chi connectivity index (χ0) is 31.7. The Balaban J connectivity index is 1.24. The Morgan fingerprint density at radius 1 is 1.09 bits per heavy atom. The predicted octanol–water partition coefficient (Wildman–Crippen LogP) is 3.02. The summed E-state index contributed by atoms with van der Waals surface area (Å²) >= 11 is 0. The van der Waals surface area contributed by atoms with E-state index in [1.165, 1.54) is 31.1 Å². The molecule has 15 nitrogen and oxygen atoms in total. The number of anilines is 1. The number of aromatic nitrogens is 5. The van der Waals surface area contributed by atoms with Crippen LogP contribution in [0.2, 0.25) is 0 Å². The van der Waals surface area contributed by atoms with Crippen molar-refractivity contribution < 1.29 is 38.1 Å². The minimum absolute atomic E-state index is 0.143. The molecule has 1 aliphatic heterocycles. The molecular formula is C29H36N7O8P. The second-order valence-electron chi connectivity index (χ2n) is 11.3. The maximum absolute atomic E-state index is 14.5. The molecule has 0 amide bonds. The average molecular weight is 642 g/mol. The number of benzene rings is 1. The zero-order valence-electron chi connectivity index (χ0n) is 24.8. The summed E-state index contributed by atoms with van der Waals surface area (Å²) in [6.45, 7) is 3.03. The first-order chi connectivity index (χ1) is 21.6. The Morgan fingerprint density at radius 3 is 2.69 bits per heavy atom. The van der Waals surface area contributed by atoms with Crippen molar-refractivity contribution in [2.24, 2.45) is 0 Å². The smallest absolute Gasteiger partial charge is 0.459 e. The second-order valence-corrected chi connectivity index (χ2v) is 13.0. The minimum atomic E-state index is -4.40. The molecule has 45 heavy (non-hydrogen) atoms. The minimum Gasteiger partial charge on any atom is -0.461 e. The van der Waals surface area contributed by atoms with E-state index in [-0.39, 0.29) is 17.7 Å². The van der Waals surface area contributed by atoms with Gasteiger partial charge in [0.05, 0.1) is 17.9 Å². The van der Waals surface area contributed by atoms with Gasteiger partial charge in [-0.1, -0.05) is 12.5 Å². The molecule has 4 heterocycles. The Kier molecular flexibility index (Phi) is 9.00. The third-order valence-corrected chi connectivity index (χ3v) is 9.82. The van der Waals surface area contributed by atoms with Crippen molar-refractivity contribution in [1.82, 2.24) is 29.6 Å². The van der Waals surface area contributed by atoms with E-state index in [1.54, 1.807) is 36.5 Å². The number of aliphatic hydroxyl groups is 2. The summed E-state index contributed by atoms with van der Waals surface area (Å²) in [5.41, 5.74) is 7.08. The molecule has 2 aliphatic rings. The molecule has 0 spiro atoms. The van der Waals surface area contributed by atoms with Gasteiger partial charge in [-0.15, -0.1) is 0 Å². The first-order valence-corrected chi connectivity index (χ1v) is 16.4. The van der Waals surface area contributed by atoms with Crippen LogP contribution >= 0.6 is 7.75 Å². The number of hydrogen-bond donors (Lipinski definition) is 4. The summed E-state index contributed by atoms with van der Waals surface area (Å²) in [7, 11) is -4.40. The van der Waals surface area contributed by atoms with Crippen LogP contribution in [0.4, 0.5) is 5.82 Å². The fourth-order valence-electron chi connectivity index (χ4n) is 5.74. The SMILES string of the molecule is CC(NP(=O)(Oc1cccc2ncccc12)OC(C)C1OC(n2cnc3c(N)ncnc32)[C@H](O)[C@@H]1O)C(=O)OC1CCCCC1. The van der Waals surface area contributed by atoms with Gasteiger partial charge in [-0.2, -0.15) is 5.09 Å². The third kappa shape index (κ3) is 6.50. The summed E-state index contributed by atoms with van der Waals surface area (Å²) in [6.07, 6.45) is 2.29. The van der Waals surface area contributed by atoms with Gasteiger partial charge in [0.15, 0.2) is 17.7 Å². The number of nitrogens with two attached hydrogens (primary N) is 1. The fraction of sp³-hybridized carbons (Fsp3) is 0.483. The van der Waals surface area contributed by atoms with Crippen LogP contribution < -0.4 is 15.3 Å². The van der Waals surface area contributed by atoms with Crippen LogP contribution in [0.1, 0.15) is 52.2 Å². The number of carbonyl (C=O) groups is 1. The Morgan fingerprint density at radius 2 is 1.89 bits per heavy atom. The summed E-state index contributed by atoms with van der Waals surface area (Å²) in [4.78, 5) is 29.7. The van der Waals surface area contributed by atoms with E-state index < -0.39 is 50.4 Å². The second kappa shape index (κ2) is 12.9. The molecule has 1 aromatic carbocycles. The zero-order valence-corrected chi connectivity index (χ0v) is 25.7. The van der Waals surface area contributed by atoms with Gasteiger partial charge in [-0.25, -0.2) is 19.5 Å². The monoisotopic (exact) mass is 641 g/mol. The lowest BCUT2D eigenvalue weighted by atomic mass is 9.98. The number of nitrogens with zero attached hydrogens (tertiary/aromatic N) is 5. The molecule has 0 bridgehead atoms. The molecule has 240 valence electrons. The van der Waals surface area contributed by atoms with E-state index in [1.807, 2.05) is 0 Å². The Hall–Kier alpha value is -3.72. The number of hydrogen-bond acceptors (Lipinski definition) is 13. The van der Waals surface area contributed by atoms with Gasteiger partial charge in [0, 0.05) is 11.6 Å². The summed E-state index contributed by atoms with van der Waals surface area (Å²) in [6, 6.07) is 7.46. The molecule has 1 saturated heterocycles. The van der Waals surface area contributed by atoms with Crippen LogP contribution in [0.25, 0.3) is 22.1 Å². The van der Waals surface area contributed by atoms with E-state index in [9.17, 15) is 19.6 Å². The first kappa shape index (κ1) is 31.3. The van der Waals surface area contributed by atoms with Gasteiger partial charge in [-0.3, -0.25) is 18.9 Å². The van der Waals surface area contributed by atoms with Crippen LogP contribution in [0.3, 0.4) is 0 Å². The van der Waals surface area contributed by atoms with Crippen molar-refractivity contribution in [1.29, 1.82) is 0 Å². The molecule has 5 N–H and O–H groups in total. The van der Waals surface area contributed by atoms with Crippen molar-refractivity contribution in [2.75, 3.05) is 5.73 Å². The predicted molar refractivity (Wildman–Crippen MR) is 162 cm³/mol. The number of nitrogens with one attached hydrogen (secondary N) is 1. The molecule has 3 aromatic heterocycles. The van der Waals surface area contributed by atoms with Crippen LogP contribution in [0.5, 0.6) is 5.75 Å². The number of aliphatic hydroxyl groups excluding tert-OH is 2. The maximum atomic E-state index is 14.5. The van der Waals surface area contributed by atoms with Crippen molar-refractivity contribution in [3.05, 3.63) is 49.2 Å². The highest BCUT2D eigenvalue weighted by Gasteiger charge is 2.49. The van der Waals surface area contributed by atoms with E-state index in [0.29, 0.717) is 22.1 Å². The van der Waals surface area contributed by atoms with Crippen LogP contribution in [0, 0.1) is 0 Å². The van der Waals surface area contributed by atoms with Gasteiger partial charge in [0.25, 0.3) is 0 Å². The number of ether oxygens (including phenoxy) is 2. The van der Waals surface area contributed by atoms with Gasteiger partial charge >= 0.3 is 13.7 Å². The highest BCUT2D eigenvalue weighted by molar-refractivity contribution is 7.52. The largest absolute Gasteiger partial charge is 0.461 e. The molecule has 1 aliphatic carbocycles. The van der Waals surface area contributed by atoms with Gasteiger partial charge in [0.2, 0.25) is 0 Å². The van der Waals surface area contributed by atoms with Crippen LogP contribution in [-0.4, -0.2) is 77.2 Å². The molecule has 1 saturated carbocycles. The number of nitrogen functional groups attached to an aromatic ring is 1. The molecule has 7 atom stereocenters. The molecule has 16 heteroatoms. The first-order valence-electron chi connectivity index (χ1n) is 14.9. The summed E-state index contributed by atoms with van der Waals surface area (Å²) in [5, 5.41) is 25.3. The van der Waals surface area contributed by atoms with Gasteiger partial charge < -0.3 is 29.9 Å². The van der Waals surface area contributed by atoms with Gasteiger partial charge in [0.1, 0.15) is 48.1 Å². The number of esters is 1. The van der Waals surface area contributed by atoms with E-state index in [4.69, 9.17) is 24.3 Å². The highest BCUT2D eigenvalue weighted by Crippen LogP contribution is 2.49. The molecule has 4 aromatic rings. The molecule has 5 unspecified atom stereocenters. The number of rotatable bonds is 10. The number of fused-ring (bicyclic) bond motifs is 2. The summed E-state index contributed by atoms with van der Waals surface area (Å²) < 4.78 is 39.7. The average Bonchev–Trinajstić information content (AvgIpc) is 3.59. The van der Waals surface area contributed by atoms with Crippen molar-refractivity contribution in [3.63, 3.8) is 0 Å². The number of imidazole rings is 1. The summed E-state index contributed by atoms with van der Waals surface area (Å²) in [5.74, 6) is -0.254. The number of pyridine rings is 1. The van der Waals surface area contributed by atoms with Gasteiger partial charge in [-0.05, 0) is 63.8 Å². The van der Waals surface area contributed by atoms with Crippen molar-refractivity contribution >= 4 is 41.6 Å². The lowest BCUT2D eigenvalue weighted by Crippen LogP contribution is -2.41. The van der Waals surface area contributed by atoms with Crippen LogP contribution in [-0.2, 0) is 23.4 Å². The number of carbonyl (C=O) groups excluding carboxylic acids is 1. The molecule has 6 rings (SSSR count). The topological polar surface area (TPSA) is 206 Å². The highest BCUT2D eigenvalue weighted by atomic mass is 31.2. The Bertz CT molecular complexity index is 1710. The van der Waals surface area contributed by atoms with E-state index >= 15 is 0 Å². The fourth-order valence-corrected chi connectivity index (χ4v) is 7.45. The van der Waals surface area contributed by atoms with Crippen LogP contribution in [0.15, 0.2) is 49.2 Å². The molecule has 2 fully saturated rings. The standard InChI is InChI=1S/C29H36N7O8P/c1-16(29(39)41-18-8-4-3-5-9-18)35-45(40,44-21-12-6-11-20-19(21)10-7-13-31-20)43-17(2)25-23(37)24(38)28(42-25)36-15-34-22-26(30)32-14-33-27(22)36/h6-7,10-18,23-25,28,37-38H,3-5,8-9H2,1-2H3,(H,35,40)(H2,30,32,33)/t16?,17?,23-,24+,25?,28?,45?/m0/s1. The lowest BCUT2D eigenvalue weighted by Gasteiger charge is -2.29. The lowest BCUT2D eigenvalue weighted by molar-refractivity contribution is -0.152. The molecular weight excluding hydrogens is 605 g/mol. The normalized spacial score (nSPS) is 25.2. The van der Waals surface area contributed by atoms with E-state index in [0.717, 1.165) is 32.1 Å². The maximum Gasteiger partial charge on any atom is 0.459 e. The van der Waals surface area contributed by atoms with E-state index in [2.05, 4.69) is 25.0 Å². The Labute approximate surface area is 258 Å². The third-order valence-electron chi connectivity index (χ3n) is 8.07. The quantitative estimate of drug-likeness (QED) is 0.145. The molecule has 0 radical (unpaired) electrons. The van der Waals surface area contributed by atoms with Crippen molar-refractivity contribution in [2.45, 2.75) is 88.7 Å². The van der Waals surface area contributed by atoms with Crippen molar-refractivity contribution in [3.8, 4) is 5.75 Å².